The van der Waals surface area contributed by atoms with Crippen LogP contribution < -0.4 is 20.7 Å². The molecule has 2 aliphatic heterocycles. The number of hydrogen-bond acceptors (Lipinski definition) is 12. The van der Waals surface area contributed by atoms with Gasteiger partial charge in [0.2, 0.25) is 23.6 Å². The van der Waals surface area contributed by atoms with Gasteiger partial charge in [-0.2, -0.15) is 0 Å². The maximum absolute atomic E-state index is 14.3. The lowest BCUT2D eigenvalue weighted by Crippen LogP contribution is -2.57. The molecule has 5 heterocycles. The van der Waals surface area contributed by atoms with Crippen molar-refractivity contribution >= 4 is 63.6 Å². The highest BCUT2D eigenvalue weighted by Gasteiger charge is 2.45. The smallest absolute Gasteiger partial charge is 0.246 e. The second kappa shape index (κ2) is 21.6. The molecule has 3 aromatic heterocycles. The van der Waals surface area contributed by atoms with Gasteiger partial charge in [0.25, 0.3) is 0 Å². The number of nitrogens with one attached hydrogen (secondary N) is 3. The van der Waals surface area contributed by atoms with E-state index in [1.54, 1.807) is 22.7 Å². The Morgan fingerprint density at radius 3 is 2.38 bits per heavy atom. The molecule has 0 bridgehead atoms. The number of rotatable bonds is 16. The number of aliphatic hydroxyl groups is 1. The van der Waals surface area contributed by atoms with Crippen LogP contribution in [0.25, 0.3) is 15.4 Å². The Morgan fingerprint density at radius 2 is 1.68 bits per heavy atom. The van der Waals surface area contributed by atoms with Crippen molar-refractivity contribution in [1.82, 2.24) is 40.6 Å². The molecule has 4 N–H and O–H groups in total. The second-order valence-electron chi connectivity index (χ2n) is 19.3. The lowest BCUT2D eigenvalue weighted by Gasteiger charge is -2.35. The van der Waals surface area contributed by atoms with Crippen LogP contribution >= 0.6 is 34.3 Å². The molecule has 5 atom stereocenters. The first kappa shape index (κ1) is 51.1. The Hall–Kier alpha value is -6.27. The highest BCUT2D eigenvalue weighted by Crippen LogP contribution is 2.40. The number of fused-ring (bicyclic) bond motifs is 3. The molecular weight excluding hydrogens is 958 g/mol. The maximum Gasteiger partial charge on any atom is 0.246 e. The maximum atomic E-state index is 14.3. The van der Waals surface area contributed by atoms with Gasteiger partial charge in [0.1, 0.15) is 41.3 Å². The molecule has 71 heavy (non-hydrogen) atoms. The molecule has 0 radical (unpaired) electrons. The van der Waals surface area contributed by atoms with Crippen LogP contribution in [0.3, 0.4) is 0 Å². The number of hydrogen-bond donors (Lipinski definition) is 4. The van der Waals surface area contributed by atoms with Gasteiger partial charge in [0.15, 0.2) is 5.82 Å². The van der Waals surface area contributed by atoms with Crippen molar-refractivity contribution in [2.75, 3.05) is 19.7 Å². The van der Waals surface area contributed by atoms with E-state index in [0.717, 1.165) is 59.5 Å². The predicted molar refractivity (Wildman–Crippen MR) is 278 cm³/mol. The van der Waals surface area contributed by atoms with Crippen LogP contribution in [-0.4, -0.2) is 97.0 Å². The second-order valence-corrected chi connectivity index (χ2v) is 21.8. The Kier molecular flexibility index (Phi) is 15.6. The van der Waals surface area contributed by atoms with Crippen LogP contribution in [0.2, 0.25) is 5.02 Å². The Balaban J connectivity index is 0.835. The van der Waals surface area contributed by atoms with Crippen molar-refractivity contribution in [3.05, 3.63) is 133 Å². The number of benzene rings is 3. The van der Waals surface area contributed by atoms with Crippen LogP contribution in [-0.2, 0) is 25.6 Å². The number of thiophene rings is 1. The summed E-state index contributed by atoms with van der Waals surface area (Å²) in [6, 6.07) is 20.1. The van der Waals surface area contributed by atoms with Crippen molar-refractivity contribution in [3.63, 3.8) is 0 Å². The molecule has 15 nitrogen and oxygen atoms in total. The van der Waals surface area contributed by atoms with E-state index in [1.807, 2.05) is 124 Å². The summed E-state index contributed by atoms with van der Waals surface area (Å²) in [7, 11) is 0. The molecule has 372 valence electrons. The van der Waals surface area contributed by atoms with Gasteiger partial charge in [0, 0.05) is 40.4 Å². The molecule has 2 aliphatic rings. The summed E-state index contributed by atoms with van der Waals surface area (Å²) in [5, 5.41) is 30.2. The predicted octanol–water partition coefficient (Wildman–Crippen LogP) is 8.12. The molecule has 6 aromatic rings. The number of halogens is 1. The number of carbonyl (C=O) groups is 4. The van der Waals surface area contributed by atoms with E-state index in [9.17, 15) is 24.3 Å². The fourth-order valence-electron chi connectivity index (χ4n) is 9.04. The van der Waals surface area contributed by atoms with Gasteiger partial charge in [-0.1, -0.05) is 80.9 Å². The number of amides is 4. The first-order valence-corrected chi connectivity index (χ1v) is 25.9. The molecule has 0 saturated carbocycles. The van der Waals surface area contributed by atoms with Crippen molar-refractivity contribution < 1.29 is 29.0 Å². The summed E-state index contributed by atoms with van der Waals surface area (Å²) >= 11 is 9.48. The van der Waals surface area contributed by atoms with Crippen LogP contribution in [0.15, 0.2) is 83.3 Å². The van der Waals surface area contributed by atoms with Gasteiger partial charge in [-0.3, -0.25) is 28.7 Å². The van der Waals surface area contributed by atoms with Crippen LogP contribution in [0.5, 0.6) is 5.75 Å². The number of nitrogens with zero attached hydrogens (tertiary/aromatic N) is 6. The zero-order valence-electron chi connectivity index (χ0n) is 41.2. The number of thiazole rings is 1. The lowest BCUT2D eigenvalue weighted by molar-refractivity contribution is -0.144. The number of likely N-dealkylation sites (tertiary alicyclic amines) is 1. The summed E-state index contributed by atoms with van der Waals surface area (Å²) in [5.41, 5.74) is 8.63. The molecule has 4 amide bonds. The number of ether oxygens (including phenoxy) is 1. The standard InChI is InChI=1S/C53H60ClN9O6S2/c1-29-32(4)71-52-45(29)46(36-17-19-38(54)20-18-36)58-41(49-61-60-33(5)63(49)52)26-44(66)55-22-23-69-40-11-9-10-34(24-40)12-21-43(65)59-48(53(6,7)8)51(68)62-27-39(64)25-42(62)50(67)57-30(2)35-13-15-37(16-14-35)47-31(3)56-28-70-47/h9-11,13-20,24,28,30,39,41-42,48,64H,12,21-23,25-27H2,1-8H3,(H,55,66)(H,57,67)(H,59,65)/t30-,39+,41-,42-,48+/m0/s1. The van der Waals surface area contributed by atoms with E-state index in [0.29, 0.717) is 28.8 Å². The topological polar surface area (TPSA) is 193 Å². The van der Waals surface area contributed by atoms with Gasteiger partial charge >= 0.3 is 0 Å². The molecule has 18 heteroatoms. The number of aliphatic imine (C=N–C) groups is 1. The van der Waals surface area contributed by atoms with Gasteiger partial charge in [-0.05, 0) is 93.0 Å². The Labute approximate surface area is 427 Å². The highest BCUT2D eigenvalue weighted by atomic mass is 35.5. The zero-order valence-corrected chi connectivity index (χ0v) is 43.6. The third-order valence-electron chi connectivity index (χ3n) is 13.0. The van der Waals surface area contributed by atoms with E-state index in [2.05, 4.69) is 45.0 Å². The van der Waals surface area contributed by atoms with Gasteiger partial charge in [-0.15, -0.1) is 32.9 Å². The number of carbonyl (C=O) groups excluding carboxylic acids is 4. The largest absolute Gasteiger partial charge is 0.492 e. The number of aromatic nitrogens is 4. The van der Waals surface area contributed by atoms with E-state index >= 15 is 0 Å². The van der Waals surface area contributed by atoms with Gasteiger partial charge in [-0.25, -0.2) is 4.98 Å². The van der Waals surface area contributed by atoms with Gasteiger partial charge < -0.3 is 30.7 Å². The summed E-state index contributed by atoms with van der Waals surface area (Å²) in [6.45, 7) is 15.9. The minimum Gasteiger partial charge on any atom is -0.492 e. The van der Waals surface area contributed by atoms with E-state index < -0.39 is 35.6 Å². The molecule has 0 spiro atoms. The van der Waals surface area contributed by atoms with Crippen LogP contribution in [0, 0.1) is 33.1 Å². The zero-order chi connectivity index (χ0) is 50.7. The fourth-order valence-corrected chi connectivity index (χ4v) is 11.2. The van der Waals surface area contributed by atoms with Crippen molar-refractivity contribution in [1.29, 1.82) is 0 Å². The molecule has 3 aromatic carbocycles. The minimum atomic E-state index is -0.954. The minimum absolute atomic E-state index is 0.0200. The normalized spacial score (nSPS) is 17.4. The monoisotopic (exact) mass is 1020 g/mol. The number of β-amino-alcohol motifs (C(OH)–C–C–N with tert-alkyl or cyclic N) is 1. The lowest BCUT2D eigenvalue weighted by atomic mass is 9.85. The average Bonchev–Trinajstić information content (AvgIpc) is 4.11. The first-order valence-electron chi connectivity index (χ1n) is 23.8. The van der Waals surface area contributed by atoms with E-state index in [-0.39, 0.29) is 62.7 Å². The molecular formula is C53H60ClN9O6S2. The molecule has 1 fully saturated rings. The van der Waals surface area contributed by atoms with Crippen LogP contribution in [0.4, 0.5) is 0 Å². The third kappa shape index (κ3) is 11.6. The van der Waals surface area contributed by atoms with Crippen LogP contribution in [0.1, 0.15) is 109 Å². The molecule has 0 unspecified atom stereocenters. The summed E-state index contributed by atoms with van der Waals surface area (Å²) < 4.78 is 8.05. The third-order valence-corrected chi connectivity index (χ3v) is 15.5. The van der Waals surface area contributed by atoms with E-state index in [4.69, 9.17) is 21.3 Å². The van der Waals surface area contributed by atoms with Gasteiger partial charge in [0.05, 0.1) is 46.9 Å². The van der Waals surface area contributed by atoms with E-state index in [1.165, 1.54) is 4.90 Å². The van der Waals surface area contributed by atoms with Crippen molar-refractivity contribution in [2.45, 2.75) is 111 Å². The SMILES string of the molecule is Cc1ncsc1-c1ccc([C@H](C)NC(=O)[C@@H]2C[C@@H](O)CN2C(=O)[C@@H](NC(=O)CCc2cccc(OCCNC(=O)C[C@@H]3N=C(c4ccc(Cl)cc4)c4c(sc(C)c4C)-n4c(C)nnc43)c2)C(C)(C)C)cc1. The summed E-state index contributed by atoms with van der Waals surface area (Å²) in [4.78, 5) is 68.3. The highest BCUT2D eigenvalue weighted by molar-refractivity contribution is 7.15. The Morgan fingerprint density at radius 1 is 0.944 bits per heavy atom. The first-order chi connectivity index (χ1) is 33.9. The van der Waals surface area contributed by atoms with Crippen molar-refractivity contribution in [3.8, 4) is 21.2 Å². The average molecular weight is 1020 g/mol. The molecule has 0 aliphatic carbocycles. The Bertz CT molecular complexity index is 2960. The van der Waals surface area contributed by atoms with Crippen molar-refractivity contribution in [2.24, 2.45) is 10.4 Å². The number of aliphatic hydroxyl groups excluding tert-OH is 1. The molecule has 8 rings (SSSR count). The summed E-state index contributed by atoms with van der Waals surface area (Å²) in [6.07, 6.45) is -0.290. The quantitative estimate of drug-likeness (QED) is 0.0694. The summed E-state index contributed by atoms with van der Waals surface area (Å²) in [5.74, 6) is 0.547. The molecule has 1 saturated heterocycles. The number of aryl methyl sites for hydroxylation is 4. The fraction of sp³-hybridized carbons (Fsp3) is 0.396.